The van der Waals surface area contributed by atoms with Crippen LogP contribution in [0.3, 0.4) is 0 Å². The SMILES string of the molecule is Cc1cccc(Nc2n[nH]c(-c3ccc(Oc4cc(OCC5CC5)nc(N)n4)cc3)n2)c1. The summed E-state index contributed by atoms with van der Waals surface area (Å²) in [7, 11) is 0. The van der Waals surface area contributed by atoms with E-state index in [4.69, 9.17) is 15.2 Å². The van der Waals surface area contributed by atoms with Crippen LogP contribution >= 0.6 is 0 Å². The number of nitrogens with zero attached hydrogens (tertiary/aromatic N) is 4. The van der Waals surface area contributed by atoms with Crippen LogP contribution in [0.4, 0.5) is 17.6 Å². The summed E-state index contributed by atoms with van der Waals surface area (Å²) in [6.07, 6.45) is 2.40. The molecule has 1 fully saturated rings. The molecular formula is C23H23N7O2. The Balaban J connectivity index is 1.25. The van der Waals surface area contributed by atoms with Crippen LogP contribution in [0, 0.1) is 12.8 Å². The minimum Gasteiger partial charge on any atom is -0.477 e. The second-order valence-corrected chi connectivity index (χ2v) is 7.79. The molecule has 0 radical (unpaired) electrons. The van der Waals surface area contributed by atoms with Gasteiger partial charge < -0.3 is 20.5 Å². The summed E-state index contributed by atoms with van der Waals surface area (Å²) in [5.74, 6) is 3.24. The van der Waals surface area contributed by atoms with E-state index in [-0.39, 0.29) is 5.95 Å². The average Bonchev–Trinajstić information content (AvgIpc) is 3.49. The van der Waals surface area contributed by atoms with Gasteiger partial charge in [0.15, 0.2) is 5.82 Å². The highest BCUT2D eigenvalue weighted by molar-refractivity contribution is 5.60. The number of H-pyrrole nitrogens is 1. The molecule has 0 aliphatic heterocycles. The number of aromatic nitrogens is 5. The first-order chi connectivity index (χ1) is 15.6. The number of ether oxygens (including phenoxy) is 2. The summed E-state index contributed by atoms with van der Waals surface area (Å²) in [6.45, 7) is 2.68. The molecule has 1 aliphatic rings. The molecule has 2 aromatic heterocycles. The van der Waals surface area contributed by atoms with Gasteiger partial charge in [0.25, 0.3) is 0 Å². The van der Waals surface area contributed by atoms with E-state index < -0.39 is 0 Å². The minimum atomic E-state index is 0.111. The molecule has 1 saturated carbocycles. The van der Waals surface area contributed by atoms with Crippen LogP contribution in [-0.4, -0.2) is 31.8 Å². The number of nitrogens with one attached hydrogen (secondary N) is 2. The van der Waals surface area contributed by atoms with E-state index in [1.807, 2.05) is 55.5 Å². The van der Waals surface area contributed by atoms with Gasteiger partial charge in [0.1, 0.15) is 5.75 Å². The fourth-order valence-electron chi connectivity index (χ4n) is 3.14. The fraction of sp³-hybridized carbons (Fsp3) is 0.217. The smallest absolute Gasteiger partial charge is 0.246 e. The van der Waals surface area contributed by atoms with Gasteiger partial charge in [-0.3, -0.25) is 5.10 Å². The Morgan fingerprint density at radius 1 is 1.03 bits per heavy atom. The Kier molecular flexibility index (Phi) is 5.29. The van der Waals surface area contributed by atoms with Crippen LogP contribution < -0.4 is 20.5 Å². The second kappa shape index (κ2) is 8.54. The lowest BCUT2D eigenvalue weighted by Gasteiger charge is -2.09. The first-order valence-electron chi connectivity index (χ1n) is 10.4. The van der Waals surface area contributed by atoms with E-state index in [2.05, 4.69) is 30.5 Å². The maximum Gasteiger partial charge on any atom is 0.246 e. The van der Waals surface area contributed by atoms with Gasteiger partial charge >= 0.3 is 0 Å². The molecule has 4 N–H and O–H groups in total. The predicted molar refractivity (Wildman–Crippen MR) is 121 cm³/mol. The van der Waals surface area contributed by atoms with E-state index in [1.165, 1.54) is 12.8 Å². The van der Waals surface area contributed by atoms with Crippen LogP contribution in [0.25, 0.3) is 11.4 Å². The molecule has 0 saturated heterocycles. The van der Waals surface area contributed by atoms with Gasteiger partial charge in [-0.15, -0.1) is 5.10 Å². The Bertz CT molecular complexity index is 1220. The fourth-order valence-corrected chi connectivity index (χ4v) is 3.14. The lowest BCUT2D eigenvalue weighted by Crippen LogP contribution is -2.04. The Morgan fingerprint density at radius 2 is 1.84 bits per heavy atom. The average molecular weight is 429 g/mol. The molecule has 162 valence electrons. The van der Waals surface area contributed by atoms with E-state index in [0.29, 0.717) is 41.8 Å². The topological polar surface area (TPSA) is 124 Å². The Morgan fingerprint density at radius 3 is 2.62 bits per heavy atom. The second-order valence-electron chi connectivity index (χ2n) is 7.79. The number of aryl methyl sites for hydroxylation is 1. The first-order valence-corrected chi connectivity index (χ1v) is 10.4. The van der Waals surface area contributed by atoms with Crippen molar-refractivity contribution in [3.8, 4) is 28.9 Å². The molecule has 2 aromatic carbocycles. The monoisotopic (exact) mass is 429 g/mol. The number of hydrogen-bond acceptors (Lipinski definition) is 8. The number of aromatic amines is 1. The van der Waals surface area contributed by atoms with Crippen LogP contribution in [0.5, 0.6) is 17.5 Å². The summed E-state index contributed by atoms with van der Waals surface area (Å²) in [5, 5.41) is 10.4. The largest absolute Gasteiger partial charge is 0.477 e. The van der Waals surface area contributed by atoms with Gasteiger partial charge in [-0.05, 0) is 67.6 Å². The van der Waals surface area contributed by atoms with E-state index in [9.17, 15) is 0 Å². The van der Waals surface area contributed by atoms with Gasteiger partial charge in [-0.25, -0.2) is 0 Å². The number of hydrogen-bond donors (Lipinski definition) is 3. The highest BCUT2D eigenvalue weighted by Gasteiger charge is 2.22. The number of nitrogens with two attached hydrogens (primary N) is 1. The molecule has 0 unspecified atom stereocenters. The minimum absolute atomic E-state index is 0.111. The van der Waals surface area contributed by atoms with Crippen molar-refractivity contribution in [1.29, 1.82) is 0 Å². The summed E-state index contributed by atoms with van der Waals surface area (Å²) < 4.78 is 11.5. The first kappa shape index (κ1) is 19.8. The molecule has 9 nitrogen and oxygen atoms in total. The van der Waals surface area contributed by atoms with Crippen molar-refractivity contribution >= 4 is 17.6 Å². The quantitative estimate of drug-likeness (QED) is 0.375. The summed E-state index contributed by atoms with van der Waals surface area (Å²) in [5.41, 5.74) is 8.76. The molecule has 1 aliphatic carbocycles. The van der Waals surface area contributed by atoms with Gasteiger partial charge in [-0.1, -0.05) is 12.1 Å². The standard InChI is InChI=1S/C23H23N7O2/c1-14-3-2-4-17(11-14)25-23-28-21(29-30-23)16-7-9-18(10-8-16)32-20-12-19(26-22(24)27-20)31-13-15-5-6-15/h2-4,7-12,15H,5-6,13H2,1H3,(H2,24,26,27)(H2,25,28,29,30). The molecule has 0 spiro atoms. The van der Waals surface area contributed by atoms with Crippen molar-refractivity contribution < 1.29 is 9.47 Å². The van der Waals surface area contributed by atoms with Gasteiger partial charge in [-0.2, -0.15) is 15.0 Å². The maximum absolute atomic E-state index is 5.84. The van der Waals surface area contributed by atoms with E-state index >= 15 is 0 Å². The third-order valence-electron chi connectivity index (χ3n) is 4.97. The number of anilines is 3. The summed E-state index contributed by atoms with van der Waals surface area (Å²) in [6, 6.07) is 17.1. The molecule has 0 bridgehead atoms. The lowest BCUT2D eigenvalue weighted by molar-refractivity contribution is 0.286. The molecule has 9 heteroatoms. The highest BCUT2D eigenvalue weighted by atomic mass is 16.5. The van der Waals surface area contributed by atoms with Crippen LogP contribution in [0.1, 0.15) is 18.4 Å². The van der Waals surface area contributed by atoms with Crippen molar-refractivity contribution in [2.24, 2.45) is 5.92 Å². The van der Waals surface area contributed by atoms with Crippen LogP contribution in [0.15, 0.2) is 54.6 Å². The summed E-state index contributed by atoms with van der Waals surface area (Å²) in [4.78, 5) is 12.7. The molecular weight excluding hydrogens is 406 g/mol. The normalized spacial score (nSPS) is 13.0. The third-order valence-corrected chi connectivity index (χ3v) is 4.97. The zero-order valence-corrected chi connectivity index (χ0v) is 17.6. The maximum atomic E-state index is 5.84. The van der Waals surface area contributed by atoms with Gasteiger partial charge in [0.05, 0.1) is 12.7 Å². The lowest BCUT2D eigenvalue weighted by atomic mass is 10.2. The molecule has 32 heavy (non-hydrogen) atoms. The third kappa shape index (κ3) is 4.94. The van der Waals surface area contributed by atoms with E-state index in [0.717, 1.165) is 16.8 Å². The number of nitrogen functional groups attached to an aromatic ring is 1. The zero-order valence-electron chi connectivity index (χ0n) is 17.6. The highest BCUT2D eigenvalue weighted by Crippen LogP contribution is 2.30. The number of rotatable bonds is 8. The van der Waals surface area contributed by atoms with Crippen molar-refractivity contribution in [2.75, 3.05) is 17.7 Å². The zero-order chi connectivity index (χ0) is 21.9. The molecule has 4 aromatic rings. The van der Waals surface area contributed by atoms with Crippen LogP contribution in [0.2, 0.25) is 0 Å². The molecule has 5 rings (SSSR count). The van der Waals surface area contributed by atoms with Crippen molar-refractivity contribution in [3.63, 3.8) is 0 Å². The van der Waals surface area contributed by atoms with Crippen molar-refractivity contribution in [2.45, 2.75) is 19.8 Å². The molecule has 0 amide bonds. The Labute approximate surface area is 185 Å². The van der Waals surface area contributed by atoms with E-state index in [1.54, 1.807) is 6.07 Å². The molecule has 0 atom stereocenters. The predicted octanol–water partition coefficient (Wildman–Crippen LogP) is 4.48. The molecule has 2 heterocycles. The van der Waals surface area contributed by atoms with Crippen LogP contribution in [-0.2, 0) is 0 Å². The summed E-state index contributed by atoms with van der Waals surface area (Å²) >= 11 is 0. The van der Waals surface area contributed by atoms with Gasteiger partial charge in [0.2, 0.25) is 23.7 Å². The van der Waals surface area contributed by atoms with Gasteiger partial charge in [0, 0.05) is 11.3 Å². The van der Waals surface area contributed by atoms with Crippen molar-refractivity contribution in [1.82, 2.24) is 25.1 Å². The number of benzene rings is 2. The Hall–Kier alpha value is -4.14. The van der Waals surface area contributed by atoms with Crippen molar-refractivity contribution in [3.05, 3.63) is 60.2 Å².